The number of hydrogen-bond donors (Lipinski definition) is 1. The van der Waals surface area contributed by atoms with Crippen LogP contribution in [0.4, 0.5) is 5.69 Å². The first kappa shape index (κ1) is 15.7. The molecule has 0 saturated carbocycles. The van der Waals surface area contributed by atoms with E-state index in [0.29, 0.717) is 23.3 Å². The summed E-state index contributed by atoms with van der Waals surface area (Å²) >= 11 is 3.20. The van der Waals surface area contributed by atoms with Crippen LogP contribution in [0.1, 0.15) is 6.92 Å². The Morgan fingerprint density at radius 2 is 2.10 bits per heavy atom. The summed E-state index contributed by atoms with van der Waals surface area (Å²) in [6.07, 6.45) is -0.683. The van der Waals surface area contributed by atoms with Crippen molar-refractivity contribution < 1.29 is 14.5 Å². The molecule has 1 aliphatic rings. The molecular formula is C13H16BrN3O4. The summed E-state index contributed by atoms with van der Waals surface area (Å²) in [7, 11) is 0. The maximum Gasteiger partial charge on any atom is 0.274 e. The summed E-state index contributed by atoms with van der Waals surface area (Å²) in [4.78, 5) is 24.3. The predicted molar refractivity (Wildman–Crippen MR) is 80.3 cm³/mol. The zero-order chi connectivity index (χ0) is 15.4. The lowest BCUT2D eigenvalue weighted by Gasteiger charge is -2.29. The van der Waals surface area contributed by atoms with Crippen LogP contribution in [0.3, 0.4) is 0 Å². The Morgan fingerprint density at radius 1 is 1.43 bits per heavy atom. The Morgan fingerprint density at radius 3 is 2.71 bits per heavy atom. The molecule has 0 aliphatic carbocycles. The highest BCUT2D eigenvalue weighted by Crippen LogP contribution is 2.27. The second kappa shape index (κ2) is 6.86. The van der Waals surface area contributed by atoms with E-state index < -0.39 is 11.0 Å². The standard InChI is InChI=1S/C13H16BrN3O4/c1-9(13(18)16-4-2-15-3-5-16)21-12-7-10(14)6-11(8-12)17(19)20/h6-9,15H,2-5H2,1H3. The molecule has 0 bridgehead atoms. The number of halogens is 1. The first-order valence-electron chi connectivity index (χ1n) is 6.58. The molecule has 1 aromatic carbocycles. The third-order valence-electron chi connectivity index (χ3n) is 3.16. The summed E-state index contributed by atoms with van der Waals surface area (Å²) in [6.45, 7) is 4.47. The van der Waals surface area contributed by atoms with Gasteiger partial charge in [0, 0.05) is 36.7 Å². The van der Waals surface area contributed by atoms with E-state index in [1.165, 1.54) is 12.1 Å². The van der Waals surface area contributed by atoms with Crippen molar-refractivity contribution in [3.8, 4) is 5.75 Å². The van der Waals surface area contributed by atoms with E-state index in [1.54, 1.807) is 17.9 Å². The van der Waals surface area contributed by atoms with Gasteiger partial charge in [-0.1, -0.05) is 15.9 Å². The molecule has 0 spiro atoms. The molecule has 1 aromatic rings. The van der Waals surface area contributed by atoms with E-state index >= 15 is 0 Å². The number of nitrogens with one attached hydrogen (secondary N) is 1. The van der Waals surface area contributed by atoms with E-state index in [1.807, 2.05) is 0 Å². The average molecular weight is 358 g/mol. The average Bonchev–Trinajstić information content (AvgIpc) is 2.46. The maximum absolute atomic E-state index is 12.2. The number of rotatable bonds is 4. The van der Waals surface area contributed by atoms with Crippen LogP contribution in [-0.2, 0) is 4.79 Å². The fourth-order valence-corrected chi connectivity index (χ4v) is 2.58. The molecule has 1 unspecified atom stereocenters. The van der Waals surface area contributed by atoms with Crippen molar-refractivity contribution in [1.82, 2.24) is 10.2 Å². The van der Waals surface area contributed by atoms with Gasteiger partial charge in [0.15, 0.2) is 6.10 Å². The van der Waals surface area contributed by atoms with E-state index in [9.17, 15) is 14.9 Å². The van der Waals surface area contributed by atoms with E-state index in [0.717, 1.165) is 13.1 Å². The van der Waals surface area contributed by atoms with Crippen LogP contribution in [0.25, 0.3) is 0 Å². The van der Waals surface area contributed by atoms with Crippen LogP contribution in [0.5, 0.6) is 5.75 Å². The Hall–Kier alpha value is -1.67. The van der Waals surface area contributed by atoms with Crippen LogP contribution >= 0.6 is 15.9 Å². The van der Waals surface area contributed by atoms with Gasteiger partial charge in [-0.25, -0.2) is 0 Å². The highest BCUT2D eigenvalue weighted by atomic mass is 79.9. The molecule has 1 atom stereocenters. The van der Waals surface area contributed by atoms with Crippen molar-refractivity contribution in [3.05, 3.63) is 32.8 Å². The van der Waals surface area contributed by atoms with Crippen LogP contribution in [-0.4, -0.2) is 48.0 Å². The number of nitro groups is 1. The minimum Gasteiger partial charge on any atom is -0.481 e. The van der Waals surface area contributed by atoms with Gasteiger partial charge in [0.2, 0.25) is 0 Å². The number of carbonyl (C=O) groups excluding carboxylic acids is 1. The number of benzene rings is 1. The number of piperazine rings is 1. The van der Waals surface area contributed by atoms with Crippen molar-refractivity contribution in [3.63, 3.8) is 0 Å². The molecule has 7 nitrogen and oxygen atoms in total. The Bertz CT molecular complexity index is 546. The maximum atomic E-state index is 12.2. The Balaban J connectivity index is 2.06. The monoisotopic (exact) mass is 357 g/mol. The van der Waals surface area contributed by atoms with E-state index in [-0.39, 0.29) is 11.6 Å². The molecular weight excluding hydrogens is 342 g/mol. The molecule has 8 heteroatoms. The molecule has 0 radical (unpaired) electrons. The van der Waals surface area contributed by atoms with Crippen molar-refractivity contribution in [2.24, 2.45) is 0 Å². The zero-order valence-corrected chi connectivity index (χ0v) is 13.1. The largest absolute Gasteiger partial charge is 0.481 e. The molecule has 21 heavy (non-hydrogen) atoms. The number of hydrogen-bond acceptors (Lipinski definition) is 5. The first-order chi connectivity index (χ1) is 9.97. The Labute approximate surface area is 130 Å². The molecule has 1 amide bonds. The number of nitrogens with zero attached hydrogens (tertiary/aromatic N) is 2. The minimum atomic E-state index is -0.683. The molecule has 1 fully saturated rings. The van der Waals surface area contributed by atoms with Crippen LogP contribution in [0, 0.1) is 10.1 Å². The molecule has 1 aliphatic heterocycles. The van der Waals surface area contributed by atoms with Gasteiger partial charge < -0.3 is 15.0 Å². The second-order valence-electron chi connectivity index (χ2n) is 4.74. The summed E-state index contributed by atoms with van der Waals surface area (Å²) in [5.41, 5.74) is -0.0822. The lowest BCUT2D eigenvalue weighted by molar-refractivity contribution is -0.385. The summed E-state index contributed by atoms with van der Waals surface area (Å²) < 4.78 is 6.09. The van der Waals surface area contributed by atoms with Crippen molar-refractivity contribution >= 4 is 27.5 Å². The fourth-order valence-electron chi connectivity index (χ4n) is 2.12. The summed E-state index contributed by atoms with van der Waals surface area (Å²) in [5, 5.41) is 14.0. The van der Waals surface area contributed by atoms with E-state index in [2.05, 4.69) is 21.2 Å². The highest BCUT2D eigenvalue weighted by molar-refractivity contribution is 9.10. The van der Waals surface area contributed by atoms with Gasteiger partial charge in [0.25, 0.3) is 11.6 Å². The number of non-ortho nitro benzene ring substituents is 1. The topological polar surface area (TPSA) is 84.7 Å². The minimum absolute atomic E-state index is 0.0822. The van der Waals surface area contributed by atoms with Crippen molar-refractivity contribution in [1.29, 1.82) is 0 Å². The fraction of sp³-hybridized carbons (Fsp3) is 0.462. The molecule has 2 rings (SSSR count). The third-order valence-corrected chi connectivity index (χ3v) is 3.61. The van der Waals surface area contributed by atoms with Crippen LogP contribution in [0.2, 0.25) is 0 Å². The second-order valence-corrected chi connectivity index (χ2v) is 5.65. The number of amides is 1. The number of nitro benzene ring substituents is 1. The first-order valence-corrected chi connectivity index (χ1v) is 7.38. The molecule has 1 N–H and O–H groups in total. The third kappa shape index (κ3) is 4.15. The quantitative estimate of drug-likeness (QED) is 0.652. The van der Waals surface area contributed by atoms with Gasteiger partial charge in [-0.3, -0.25) is 14.9 Å². The van der Waals surface area contributed by atoms with Gasteiger partial charge in [-0.05, 0) is 13.0 Å². The van der Waals surface area contributed by atoms with Crippen molar-refractivity contribution in [2.45, 2.75) is 13.0 Å². The normalized spacial score (nSPS) is 16.4. The van der Waals surface area contributed by atoms with E-state index in [4.69, 9.17) is 4.74 Å². The van der Waals surface area contributed by atoms with Gasteiger partial charge in [-0.15, -0.1) is 0 Å². The lowest BCUT2D eigenvalue weighted by Crippen LogP contribution is -2.50. The van der Waals surface area contributed by atoms with Gasteiger partial charge >= 0.3 is 0 Å². The number of carbonyl (C=O) groups is 1. The van der Waals surface area contributed by atoms with Crippen molar-refractivity contribution in [2.75, 3.05) is 26.2 Å². The lowest BCUT2D eigenvalue weighted by atomic mass is 10.2. The highest BCUT2D eigenvalue weighted by Gasteiger charge is 2.24. The molecule has 114 valence electrons. The Kier molecular flexibility index (Phi) is 5.13. The van der Waals surface area contributed by atoms with Gasteiger partial charge in [0.1, 0.15) is 5.75 Å². The van der Waals surface area contributed by atoms with Gasteiger partial charge in [0.05, 0.1) is 11.0 Å². The predicted octanol–water partition coefficient (Wildman–Crippen LogP) is 1.56. The van der Waals surface area contributed by atoms with Crippen LogP contribution in [0.15, 0.2) is 22.7 Å². The van der Waals surface area contributed by atoms with Crippen LogP contribution < -0.4 is 10.1 Å². The summed E-state index contributed by atoms with van der Waals surface area (Å²) in [6, 6.07) is 4.30. The SMILES string of the molecule is CC(Oc1cc(Br)cc([N+](=O)[O-])c1)C(=O)N1CCNCC1. The molecule has 1 saturated heterocycles. The smallest absolute Gasteiger partial charge is 0.274 e. The number of ether oxygens (including phenoxy) is 1. The zero-order valence-electron chi connectivity index (χ0n) is 11.5. The molecule has 1 heterocycles. The summed E-state index contributed by atoms with van der Waals surface area (Å²) in [5.74, 6) is 0.186. The molecule has 0 aromatic heterocycles. The van der Waals surface area contributed by atoms with Gasteiger partial charge in [-0.2, -0.15) is 0 Å².